The van der Waals surface area contributed by atoms with Gasteiger partial charge in [0.2, 0.25) is 0 Å². The zero-order valence-electron chi connectivity index (χ0n) is 15.0. The number of benzene rings is 3. The van der Waals surface area contributed by atoms with Crippen molar-refractivity contribution in [1.29, 1.82) is 10.7 Å². The molecule has 0 saturated carbocycles. The Kier molecular flexibility index (Phi) is 4.79. The van der Waals surface area contributed by atoms with Gasteiger partial charge in [-0.05, 0) is 52.9 Å². The third kappa shape index (κ3) is 3.59. The first-order valence-corrected chi connectivity index (χ1v) is 9.55. The van der Waals surface area contributed by atoms with E-state index in [1.165, 1.54) is 11.3 Å². The van der Waals surface area contributed by atoms with Crippen LogP contribution >= 0.6 is 11.3 Å². The molecule has 0 spiro atoms. The summed E-state index contributed by atoms with van der Waals surface area (Å²) in [5.74, 6) is 0.891. The maximum absolute atomic E-state index is 8.91. The lowest BCUT2D eigenvalue weighted by molar-refractivity contribution is 0.307. The number of fused-ring (bicyclic) bond motifs is 1. The van der Waals surface area contributed by atoms with Crippen molar-refractivity contribution in [3.05, 3.63) is 88.8 Å². The smallest absolute Gasteiger partial charge is 0.133 e. The summed E-state index contributed by atoms with van der Waals surface area (Å²) < 4.78 is 7.17. The van der Waals surface area contributed by atoms with E-state index in [0.717, 1.165) is 37.4 Å². The highest BCUT2D eigenvalue weighted by molar-refractivity contribution is 7.20. The topological polar surface area (TPSA) is 82.9 Å². The fraction of sp³-hybridized carbons (Fsp3) is 0.0435. The van der Waals surface area contributed by atoms with Gasteiger partial charge >= 0.3 is 0 Å². The molecule has 0 saturated heterocycles. The van der Waals surface area contributed by atoms with Crippen LogP contribution in [0, 0.1) is 16.7 Å². The molecule has 4 aromatic rings. The highest BCUT2D eigenvalue weighted by atomic mass is 32.1. The number of hydrogen-bond acceptors (Lipinski definition) is 4. The molecule has 136 valence electrons. The summed E-state index contributed by atoms with van der Waals surface area (Å²) >= 11 is 1.52. The Morgan fingerprint density at radius 1 is 1.04 bits per heavy atom. The van der Waals surface area contributed by atoms with Gasteiger partial charge < -0.3 is 10.5 Å². The van der Waals surface area contributed by atoms with E-state index in [9.17, 15) is 0 Å². The second-order valence-electron chi connectivity index (χ2n) is 6.37. The third-order valence-electron chi connectivity index (χ3n) is 4.46. The Balaban J connectivity index is 1.62. The van der Waals surface area contributed by atoms with Crippen LogP contribution in [0.15, 0.2) is 72.8 Å². The Hall–Kier alpha value is -3.62. The molecular weight excluding hydrogens is 366 g/mol. The summed E-state index contributed by atoms with van der Waals surface area (Å²) in [7, 11) is 0. The summed E-state index contributed by atoms with van der Waals surface area (Å²) in [5.41, 5.74) is 9.32. The zero-order valence-corrected chi connectivity index (χ0v) is 15.8. The van der Waals surface area contributed by atoms with E-state index in [1.807, 2.05) is 42.5 Å². The molecule has 3 N–H and O–H groups in total. The molecule has 1 aromatic heterocycles. The fourth-order valence-corrected chi connectivity index (χ4v) is 3.92. The number of nitrogen functional groups attached to an aromatic ring is 1. The van der Waals surface area contributed by atoms with Gasteiger partial charge in [0.1, 0.15) is 18.2 Å². The number of amidine groups is 1. The van der Waals surface area contributed by atoms with Crippen molar-refractivity contribution in [2.24, 2.45) is 5.73 Å². The van der Waals surface area contributed by atoms with Crippen molar-refractivity contribution in [3.63, 3.8) is 0 Å². The van der Waals surface area contributed by atoms with Crippen LogP contribution in [0.4, 0.5) is 0 Å². The van der Waals surface area contributed by atoms with Crippen LogP contribution in [-0.2, 0) is 6.61 Å². The average Bonchev–Trinajstić information content (AvgIpc) is 3.16. The molecule has 0 fully saturated rings. The van der Waals surface area contributed by atoms with Crippen LogP contribution in [0.5, 0.6) is 5.75 Å². The molecule has 0 atom stereocenters. The number of nitrogens with zero attached hydrogens (tertiary/aromatic N) is 1. The van der Waals surface area contributed by atoms with Gasteiger partial charge in [0.05, 0.1) is 16.5 Å². The fourth-order valence-electron chi connectivity index (χ4n) is 3.01. The molecule has 0 radical (unpaired) electrons. The van der Waals surface area contributed by atoms with Gasteiger partial charge in [-0.1, -0.05) is 36.4 Å². The van der Waals surface area contributed by atoms with Crippen LogP contribution in [0.3, 0.4) is 0 Å². The van der Waals surface area contributed by atoms with Crippen molar-refractivity contribution < 1.29 is 4.74 Å². The number of hydrogen-bond donors (Lipinski definition) is 2. The van der Waals surface area contributed by atoms with E-state index in [2.05, 4.69) is 24.3 Å². The first-order valence-electron chi connectivity index (χ1n) is 8.73. The van der Waals surface area contributed by atoms with E-state index >= 15 is 0 Å². The molecular formula is C23H17N3OS. The molecule has 5 heteroatoms. The minimum absolute atomic E-state index is 0.0916. The van der Waals surface area contributed by atoms with Gasteiger partial charge in [-0.2, -0.15) is 5.26 Å². The lowest BCUT2D eigenvalue weighted by Crippen LogP contribution is -2.08. The Bertz CT molecular complexity index is 1200. The number of nitrogens with one attached hydrogen (secondary N) is 1. The zero-order chi connectivity index (χ0) is 19.5. The molecule has 28 heavy (non-hydrogen) atoms. The molecule has 0 unspecified atom stereocenters. The van der Waals surface area contributed by atoms with Gasteiger partial charge in [0, 0.05) is 10.3 Å². The molecule has 4 nitrogen and oxygen atoms in total. The predicted octanol–water partition coefficient (Wildman–Crippen LogP) is 5.30. The predicted molar refractivity (Wildman–Crippen MR) is 114 cm³/mol. The SMILES string of the molecule is N#Cc1ccc(COc2ccccc2-c2ccc3sc(C(=N)N)cc3c2)cc1. The third-order valence-corrected chi connectivity index (χ3v) is 5.61. The van der Waals surface area contributed by atoms with Crippen molar-refractivity contribution >= 4 is 27.3 Å². The standard InChI is InChI=1S/C23H17N3OS/c24-13-15-5-7-16(8-6-15)14-27-20-4-2-1-3-19(20)17-9-10-21-18(11-17)12-22(28-21)23(25)26/h1-12H,14H2,(H3,25,26). The normalized spacial score (nSPS) is 10.5. The first-order chi connectivity index (χ1) is 13.6. The monoisotopic (exact) mass is 383 g/mol. The molecule has 0 amide bonds. The minimum atomic E-state index is 0.0916. The van der Waals surface area contributed by atoms with Gasteiger partial charge in [-0.25, -0.2) is 0 Å². The number of nitrogens with two attached hydrogens (primary N) is 1. The van der Waals surface area contributed by atoms with Gasteiger partial charge in [-0.15, -0.1) is 11.3 Å². The summed E-state index contributed by atoms with van der Waals surface area (Å²) in [6.45, 7) is 0.428. The summed E-state index contributed by atoms with van der Waals surface area (Å²) in [4.78, 5) is 0.775. The van der Waals surface area contributed by atoms with Gasteiger partial charge in [-0.3, -0.25) is 5.41 Å². The van der Waals surface area contributed by atoms with E-state index in [-0.39, 0.29) is 5.84 Å². The Morgan fingerprint density at radius 2 is 1.82 bits per heavy atom. The lowest BCUT2D eigenvalue weighted by atomic mass is 10.0. The largest absolute Gasteiger partial charge is 0.488 e. The maximum atomic E-state index is 8.91. The van der Waals surface area contributed by atoms with Crippen LogP contribution in [0.1, 0.15) is 16.0 Å². The van der Waals surface area contributed by atoms with E-state index < -0.39 is 0 Å². The Labute approximate surface area is 166 Å². The highest BCUT2D eigenvalue weighted by Gasteiger charge is 2.10. The highest BCUT2D eigenvalue weighted by Crippen LogP contribution is 2.34. The van der Waals surface area contributed by atoms with E-state index in [0.29, 0.717) is 12.2 Å². The number of ether oxygens (including phenoxy) is 1. The number of nitriles is 1. The number of para-hydroxylation sites is 1. The number of rotatable bonds is 5. The van der Waals surface area contributed by atoms with Crippen molar-refractivity contribution in [2.75, 3.05) is 0 Å². The minimum Gasteiger partial charge on any atom is -0.488 e. The molecule has 0 bridgehead atoms. The second kappa shape index (κ2) is 7.55. The first kappa shape index (κ1) is 17.8. The number of thiophene rings is 1. The van der Waals surface area contributed by atoms with E-state index in [4.69, 9.17) is 21.1 Å². The Morgan fingerprint density at radius 3 is 2.57 bits per heavy atom. The van der Waals surface area contributed by atoms with Crippen molar-refractivity contribution in [3.8, 4) is 22.9 Å². The summed E-state index contributed by atoms with van der Waals surface area (Å²) in [6.07, 6.45) is 0. The maximum Gasteiger partial charge on any atom is 0.133 e. The molecule has 1 heterocycles. The quantitative estimate of drug-likeness (QED) is 0.362. The lowest BCUT2D eigenvalue weighted by Gasteiger charge is -2.12. The second-order valence-corrected chi connectivity index (χ2v) is 7.45. The van der Waals surface area contributed by atoms with Crippen molar-refractivity contribution in [1.82, 2.24) is 0 Å². The van der Waals surface area contributed by atoms with Gasteiger partial charge in [0.15, 0.2) is 0 Å². The molecule has 3 aromatic carbocycles. The average molecular weight is 383 g/mol. The molecule has 0 aliphatic rings. The summed E-state index contributed by atoms with van der Waals surface area (Å²) in [5, 5.41) is 17.6. The molecule has 4 rings (SSSR count). The van der Waals surface area contributed by atoms with Crippen LogP contribution in [0.2, 0.25) is 0 Å². The van der Waals surface area contributed by atoms with Crippen LogP contribution in [-0.4, -0.2) is 5.84 Å². The van der Waals surface area contributed by atoms with Crippen LogP contribution < -0.4 is 10.5 Å². The summed E-state index contributed by atoms with van der Waals surface area (Å²) in [6, 6.07) is 25.6. The van der Waals surface area contributed by atoms with Gasteiger partial charge in [0.25, 0.3) is 0 Å². The molecule has 0 aliphatic carbocycles. The van der Waals surface area contributed by atoms with Crippen LogP contribution in [0.25, 0.3) is 21.2 Å². The molecule has 0 aliphatic heterocycles. The van der Waals surface area contributed by atoms with Crippen molar-refractivity contribution in [2.45, 2.75) is 6.61 Å². The van der Waals surface area contributed by atoms with E-state index in [1.54, 1.807) is 12.1 Å².